The van der Waals surface area contributed by atoms with Crippen molar-refractivity contribution in [2.75, 3.05) is 11.5 Å². The van der Waals surface area contributed by atoms with Crippen molar-refractivity contribution in [1.82, 2.24) is 0 Å². The first kappa shape index (κ1) is 16.7. The van der Waals surface area contributed by atoms with Gasteiger partial charge in [0.2, 0.25) is 0 Å². The number of nitrogen functional groups attached to an aromatic ring is 2. The molecule has 9 heteroatoms. The van der Waals surface area contributed by atoms with Crippen molar-refractivity contribution < 1.29 is 18.1 Å². The fourth-order valence-corrected chi connectivity index (χ4v) is 2.97. The number of azo groups is 1. The van der Waals surface area contributed by atoms with Crippen molar-refractivity contribution in [3.8, 4) is 5.75 Å². The number of benzene rings is 3. The van der Waals surface area contributed by atoms with Crippen LogP contribution in [0.2, 0.25) is 0 Å². The van der Waals surface area contributed by atoms with E-state index in [1.54, 1.807) is 30.3 Å². The van der Waals surface area contributed by atoms with Crippen LogP contribution in [0.15, 0.2) is 63.7 Å². The summed E-state index contributed by atoms with van der Waals surface area (Å²) in [5.74, 6) is -0.427. The van der Waals surface area contributed by atoms with Crippen molar-refractivity contribution >= 4 is 43.6 Å². The lowest BCUT2D eigenvalue weighted by Crippen LogP contribution is -1.99. The first-order valence-electron chi connectivity index (χ1n) is 7.05. The molecule has 0 atom stereocenters. The van der Waals surface area contributed by atoms with E-state index in [0.717, 1.165) is 0 Å². The Morgan fingerprint density at radius 1 is 0.880 bits per heavy atom. The second-order valence-electron chi connectivity index (χ2n) is 5.32. The Balaban J connectivity index is 2.23. The number of phenols is 1. The van der Waals surface area contributed by atoms with Crippen LogP contribution in [0.5, 0.6) is 5.75 Å². The molecule has 3 rings (SSSR count). The summed E-state index contributed by atoms with van der Waals surface area (Å²) in [6.45, 7) is 0. The molecule has 0 aliphatic rings. The molecule has 0 aromatic heterocycles. The summed E-state index contributed by atoms with van der Waals surface area (Å²) >= 11 is 0. The van der Waals surface area contributed by atoms with Gasteiger partial charge >= 0.3 is 0 Å². The predicted molar refractivity (Wildman–Crippen MR) is 94.9 cm³/mol. The van der Waals surface area contributed by atoms with Crippen LogP contribution in [0, 0.1) is 0 Å². The van der Waals surface area contributed by atoms with Gasteiger partial charge in [0, 0.05) is 16.8 Å². The van der Waals surface area contributed by atoms with Crippen molar-refractivity contribution in [2.45, 2.75) is 4.90 Å². The monoisotopic (exact) mass is 358 g/mol. The quantitative estimate of drug-likeness (QED) is 0.320. The van der Waals surface area contributed by atoms with E-state index in [-0.39, 0.29) is 5.69 Å². The molecule has 25 heavy (non-hydrogen) atoms. The molecule has 8 nitrogen and oxygen atoms in total. The van der Waals surface area contributed by atoms with Crippen LogP contribution < -0.4 is 11.5 Å². The molecule has 0 aliphatic heterocycles. The molecule has 3 aromatic rings. The zero-order chi connectivity index (χ0) is 18.2. The Labute approximate surface area is 143 Å². The molecule has 0 spiro atoms. The van der Waals surface area contributed by atoms with Crippen LogP contribution in [0.3, 0.4) is 0 Å². The molecule has 0 heterocycles. The summed E-state index contributed by atoms with van der Waals surface area (Å²) < 4.78 is 32.8. The SMILES string of the molecule is Nc1ccc(N=Nc2c(S(=O)(=O)O)cc3cc(N)ccc3c2O)cc1. The molecule has 128 valence electrons. The highest BCUT2D eigenvalue weighted by Crippen LogP contribution is 2.41. The summed E-state index contributed by atoms with van der Waals surface area (Å²) in [5.41, 5.74) is 12.2. The van der Waals surface area contributed by atoms with E-state index < -0.39 is 20.8 Å². The van der Waals surface area contributed by atoms with Gasteiger partial charge in [-0.25, -0.2) is 0 Å². The van der Waals surface area contributed by atoms with Crippen molar-refractivity contribution in [3.63, 3.8) is 0 Å². The minimum Gasteiger partial charge on any atom is -0.505 e. The molecule has 0 saturated carbocycles. The second-order valence-corrected chi connectivity index (χ2v) is 6.71. The fourth-order valence-electron chi connectivity index (χ4n) is 2.31. The van der Waals surface area contributed by atoms with Gasteiger partial charge in [-0.1, -0.05) is 0 Å². The van der Waals surface area contributed by atoms with Gasteiger partial charge in [0.15, 0.2) is 5.75 Å². The minimum absolute atomic E-state index is 0.327. The average Bonchev–Trinajstić information content (AvgIpc) is 2.54. The maximum Gasteiger partial charge on any atom is 0.296 e. The number of hydrogen-bond donors (Lipinski definition) is 4. The number of rotatable bonds is 3. The van der Waals surface area contributed by atoms with Gasteiger partial charge in [-0.05, 0) is 53.9 Å². The Bertz CT molecular complexity index is 1090. The van der Waals surface area contributed by atoms with E-state index in [1.807, 2.05) is 0 Å². The number of nitrogens with zero attached hydrogens (tertiary/aromatic N) is 2. The van der Waals surface area contributed by atoms with Crippen LogP contribution in [0.1, 0.15) is 0 Å². The highest BCUT2D eigenvalue weighted by molar-refractivity contribution is 7.86. The number of nitrogens with two attached hydrogens (primary N) is 2. The standard InChI is InChI=1S/C16H14N4O4S/c17-10-1-4-12(5-2-10)19-20-15-14(25(22,23)24)8-9-7-11(18)3-6-13(9)16(15)21/h1-8,21H,17-18H2,(H,22,23,24). The third-order valence-corrected chi connectivity index (χ3v) is 4.38. The molecule has 3 aromatic carbocycles. The third-order valence-electron chi connectivity index (χ3n) is 3.51. The lowest BCUT2D eigenvalue weighted by Gasteiger charge is -2.09. The lowest BCUT2D eigenvalue weighted by atomic mass is 10.1. The van der Waals surface area contributed by atoms with E-state index >= 15 is 0 Å². The van der Waals surface area contributed by atoms with Crippen molar-refractivity contribution in [1.29, 1.82) is 0 Å². The third kappa shape index (κ3) is 3.37. The number of phenolic OH excluding ortho intramolecular Hbond substituents is 1. The maximum atomic E-state index is 11.7. The zero-order valence-electron chi connectivity index (χ0n) is 12.8. The summed E-state index contributed by atoms with van der Waals surface area (Å²) in [6, 6.07) is 12.1. The van der Waals surface area contributed by atoms with Crippen LogP contribution in [-0.2, 0) is 10.1 Å². The maximum absolute atomic E-state index is 11.7. The van der Waals surface area contributed by atoms with Gasteiger partial charge in [0.1, 0.15) is 10.6 Å². The van der Waals surface area contributed by atoms with Crippen LogP contribution >= 0.6 is 0 Å². The number of anilines is 2. The van der Waals surface area contributed by atoms with Gasteiger partial charge in [0.25, 0.3) is 10.1 Å². The van der Waals surface area contributed by atoms with Gasteiger partial charge in [0.05, 0.1) is 5.69 Å². The normalized spacial score (nSPS) is 12.0. The predicted octanol–water partition coefficient (Wildman–Crippen LogP) is 3.37. The average molecular weight is 358 g/mol. The summed E-state index contributed by atoms with van der Waals surface area (Å²) in [5, 5.41) is 18.8. The van der Waals surface area contributed by atoms with E-state index in [4.69, 9.17) is 11.5 Å². The molecule has 6 N–H and O–H groups in total. The van der Waals surface area contributed by atoms with Crippen LogP contribution in [0.4, 0.5) is 22.7 Å². The molecular weight excluding hydrogens is 344 g/mol. The smallest absolute Gasteiger partial charge is 0.296 e. The Morgan fingerprint density at radius 2 is 1.52 bits per heavy atom. The van der Waals surface area contributed by atoms with Gasteiger partial charge < -0.3 is 16.6 Å². The molecule has 0 saturated heterocycles. The number of fused-ring (bicyclic) bond motifs is 1. The highest BCUT2D eigenvalue weighted by atomic mass is 32.2. The minimum atomic E-state index is -4.65. The highest BCUT2D eigenvalue weighted by Gasteiger charge is 2.22. The first-order valence-corrected chi connectivity index (χ1v) is 8.50. The van der Waals surface area contributed by atoms with Crippen molar-refractivity contribution in [2.24, 2.45) is 10.2 Å². The van der Waals surface area contributed by atoms with Crippen molar-refractivity contribution in [3.05, 3.63) is 48.5 Å². The lowest BCUT2D eigenvalue weighted by molar-refractivity contribution is 0.472. The summed E-state index contributed by atoms with van der Waals surface area (Å²) in [6.07, 6.45) is 0. The largest absolute Gasteiger partial charge is 0.505 e. The van der Waals surface area contributed by atoms with E-state index in [0.29, 0.717) is 27.8 Å². The Kier molecular flexibility index (Phi) is 4.03. The topological polar surface area (TPSA) is 151 Å². The molecular formula is C16H14N4O4S. The van der Waals surface area contributed by atoms with E-state index in [9.17, 15) is 18.1 Å². The zero-order valence-corrected chi connectivity index (χ0v) is 13.6. The van der Waals surface area contributed by atoms with Gasteiger partial charge in [-0.2, -0.15) is 13.5 Å². The molecule has 0 fully saturated rings. The molecule has 0 unspecified atom stereocenters. The number of aromatic hydroxyl groups is 1. The Hall–Kier alpha value is -3.17. The molecule has 0 amide bonds. The fraction of sp³-hybridized carbons (Fsp3) is 0. The van der Waals surface area contributed by atoms with Gasteiger partial charge in [-0.3, -0.25) is 4.55 Å². The van der Waals surface area contributed by atoms with E-state index in [2.05, 4.69) is 10.2 Å². The Morgan fingerprint density at radius 3 is 2.16 bits per heavy atom. The molecule has 0 aliphatic carbocycles. The summed E-state index contributed by atoms with van der Waals surface area (Å²) in [4.78, 5) is -0.567. The van der Waals surface area contributed by atoms with Crippen LogP contribution in [-0.4, -0.2) is 18.1 Å². The van der Waals surface area contributed by atoms with Crippen LogP contribution in [0.25, 0.3) is 10.8 Å². The second kappa shape index (κ2) is 6.04. The first-order chi connectivity index (χ1) is 11.8. The molecule has 0 bridgehead atoms. The number of hydrogen-bond acceptors (Lipinski definition) is 7. The van der Waals surface area contributed by atoms with Gasteiger partial charge in [-0.15, -0.1) is 5.11 Å². The molecule has 0 radical (unpaired) electrons. The summed E-state index contributed by atoms with van der Waals surface area (Å²) in [7, 11) is -4.65. The van der Waals surface area contributed by atoms with E-state index in [1.165, 1.54) is 18.2 Å².